The van der Waals surface area contributed by atoms with E-state index in [9.17, 15) is 4.79 Å². The molecule has 192 valence electrons. The molecule has 0 aliphatic carbocycles. The fourth-order valence-electron chi connectivity index (χ4n) is 4.40. The Bertz CT molecular complexity index is 1170. The van der Waals surface area contributed by atoms with E-state index < -0.39 is 6.10 Å². The topological polar surface area (TPSA) is 79.6 Å². The zero-order valence-electron chi connectivity index (χ0n) is 21.5. The van der Waals surface area contributed by atoms with E-state index in [0.717, 1.165) is 29.9 Å². The van der Waals surface area contributed by atoms with E-state index in [0.29, 0.717) is 48.4 Å². The summed E-state index contributed by atoms with van der Waals surface area (Å²) in [5.41, 5.74) is 3.30. The zero-order chi connectivity index (χ0) is 25.7. The summed E-state index contributed by atoms with van der Waals surface area (Å²) < 4.78 is 34.0. The van der Waals surface area contributed by atoms with Gasteiger partial charge in [-0.15, -0.1) is 0 Å². The number of hydrogen-bond acceptors (Lipinski definition) is 8. The van der Waals surface area contributed by atoms with Crippen LogP contribution in [0.4, 0.5) is 5.69 Å². The van der Waals surface area contributed by atoms with E-state index in [1.807, 2.05) is 44.2 Å². The average Bonchev–Trinajstić information content (AvgIpc) is 3.42. The molecule has 4 rings (SSSR count). The van der Waals surface area contributed by atoms with E-state index in [4.69, 9.17) is 28.1 Å². The molecule has 0 N–H and O–H groups in total. The number of furan rings is 1. The number of benzene rings is 2. The van der Waals surface area contributed by atoms with E-state index >= 15 is 0 Å². The first-order valence-electron chi connectivity index (χ1n) is 12.0. The van der Waals surface area contributed by atoms with Crippen molar-refractivity contribution in [3.63, 3.8) is 0 Å². The van der Waals surface area contributed by atoms with Gasteiger partial charge < -0.3 is 33.0 Å². The summed E-state index contributed by atoms with van der Waals surface area (Å²) in [6.07, 6.45) is -0.830. The minimum atomic E-state index is -0.830. The van der Waals surface area contributed by atoms with Crippen molar-refractivity contribution in [3.8, 4) is 28.6 Å². The Morgan fingerprint density at radius 2 is 1.61 bits per heavy atom. The number of morpholine rings is 1. The minimum Gasteiger partial charge on any atom is -0.496 e. The van der Waals surface area contributed by atoms with Crippen LogP contribution in [0.1, 0.15) is 34.7 Å². The number of carbonyl (C=O) groups excluding carboxylic acids is 1. The maximum absolute atomic E-state index is 13.5. The Labute approximate surface area is 211 Å². The minimum absolute atomic E-state index is 0.207. The first kappa shape index (κ1) is 25.6. The van der Waals surface area contributed by atoms with Crippen LogP contribution in [0.5, 0.6) is 17.2 Å². The molecule has 0 radical (unpaired) electrons. The Morgan fingerprint density at radius 1 is 0.944 bits per heavy atom. The molecule has 0 bridgehead atoms. The number of hydrogen-bond donors (Lipinski definition) is 0. The van der Waals surface area contributed by atoms with E-state index in [1.165, 1.54) is 0 Å². The summed E-state index contributed by atoms with van der Waals surface area (Å²) >= 11 is 0. The number of Topliss-reactive ketones (excluding diaryl/α,β-unsaturated/α-hetero) is 1. The van der Waals surface area contributed by atoms with Crippen LogP contribution in [0.25, 0.3) is 11.3 Å². The van der Waals surface area contributed by atoms with Gasteiger partial charge in [0.1, 0.15) is 29.1 Å². The van der Waals surface area contributed by atoms with Gasteiger partial charge in [0.15, 0.2) is 5.76 Å². The Kier molecular flexibility index (Phi) is 8.18. The van der Waals surface area contributed by atoms with E-state index in [2.05, 4.69) is 4.90 Å². The second-order valence-electron chi connectivity index (χ2n) is 8.40. The lowest BCUT2D eigenvalue weighted by Crippen LogP contribution is -2.36. The fourth-order valence-corrected chi connectivity index (χ4v) is 4.40. The largest absolute Gasteiger partial charge is 0.496 e. The van der Waals surface area contributed by atoms with Crippen LogP contribution in [-0.4, -0.2) is 60.0 Å². The Balaban J connectivity index is 1.63. The molecule has 8 nitrogen and oxygen atoms in total. The van der Waals surface area contributed by atoms with Crippen LogP contribution in [-0.2, 0) is 9.47 Å². The van der Waals surface area contributed by atoms with E-state index in [1.54, 1.807) is 33.5 Å². The summed E-state index contributed by atoms with van der Waals surface area (Å²) in [6, 6.07) is 12.9. The normalized spacial score (nSPS) is 14.4. The molecule has 1 saturated heterocycles. The highest BCUT2D eigenvalue weighted by atomic mass is 16.5. The zero-order valence-corrected chi connectivity index (χ0v) is 21.5. The van der Waals surface area contributed by atoms with Gasteiger partial charge in [-0.1, -0.05) is 6.07 Å². The first-order valence-corrected chi connectivity index (χ1v) is 12.0. The lowest BCUT2D eigenvalue weighted by Gasteiger charge is -2.30. The number of methoxy groups -OCH3 is 3. The van der Waals surface area contributed by atoms with Crippen LogP contribution in [0.3, 0.4) is 0 Å². The summed E-state index contributed by atoms with van der Waals surface area (Å²) in [6.45, 7) is 7.06. The summed E-state index contributed by atoms with van der Waals surface area (Å²) in [4.78, 5) is 15.7. The van der Waals surface area contributed by atoms with Gasteiger partial charge >= 0.3 is 0 Å². The number of rotatable bonds is 10. The summed E-state index contributed by atoms with van der Waals surface area (Å²) in [5, 5.41) is 0. The molecule has 1 fully saturated rings. The molecule has 2 aromatic carbocycles. The second-order valence-corrected chi connectivity index (χ2v) is 8.40. The quantitative estimate of drug-likeness (QED) is 0.361. The van der Waals surface area contributed by atoms with Gasteiger partial charge in [-0.3, -0.25) is 4.79 Å². The second kappa shape index (κ2) is 11.5. The van der Waals surface area contributed by atoms with Crippen molar-refractivity contribution in [1.29, 1.82) is 0 Å². The number of ether oxygens (including phenoxy) is 5. The molecule has 1 aromatic heterocycles. The predicted octanol–water partition coefficient (Wildman–Crippen LogP) is 5.08. The standard InChI is InChI=1S/C28H33NO7/c1-6-35-28(19-7-8-21(26(15-19)33-5)29-11-13-34-14-12-29)27(30)23-10-9-22(36-23)20-16-24(31-3)18(2)25(17-20)32-4/h7-10,15-17,28H,6,11-14H2,1-5H3. The molecule has 1 aliphatic heterocycles. The van der Waals surface area contributed by atoms with Crippen LogP contribution >= 0.6 is 0 Å². The maximum Gasteiger partial charge on any atom is 0.231 e. The number of carbonyl (C=O) groups is 1. The first-order chi connectivity index (χ1) is 17.5. The molecular weight excluding hydrogens is 462 g/mol. The molecule has 2 heterocycles. The maximum atomic E-state index is 13.5. The number of anilines is 1. The van der Waals surface area contributed by atoms with Crippen molar-refractivity contribution in [1.82, 2.24) is 0 Å². The highest BCUT2D eigenvalue weighted by Crippen LogP contribution is 2.37. The van der Waals surface area contributed by atoms with Crippen LogP contribution in [0, 0.1) is 6.92 Å². The molecule has 36 heavy (non-hydrogen) atoms. The van der Waals surface area contributed by atoms with Gasteiger partial charge in [-0.25, -0.2) is 0 Å². The predicted molar refractivity (Wildman–Crippen MR) is 137 cm³/mol. The number of ketones is 1. The third-order valence-corrected chi connectivity index (χ3v) is 6.32. The summed E-state index contributed by atoms with van der Waals surface area (Å²) in [5.74, 6) is 2.51. The van der Waals surface area contributed by atoms with Gasteiger partial charge in [0.2, 0.25) is 5.78 Å². The molecule has 1 aliphatic rings. The van der Waals surface area contributed by atoms with Gasteiger partial charge in [0, 0.05) is 30.8 Å². The summed E-state index contributed by atoms with van der Waals surface area (Å²) in [7, 11) is 4.84. The van der Waals surface area contributed by atoms with Crippen molar-refractivity contribution in [3.05, 3.63) is 59.4 Å². The number of nitrogens with zero attached hydrogens (tertiary/aromatic N) is 1. The van der Waals surface area contributed by atoms with Gasteiger partial charge in [0.25, 0.3) is 0 Å². The van der Waals surface area contributed by atoms with Crippen molar-refractivity contribution in [2.75, 3.05) is 59.1 Å². The van der Waals surface area contributed by atoms with Crippen molar-refractivity contribution < 1.29 is 32.9 Å². The van der Waals surface area contributed by atoms with Crippen molar-refractivity contribution in [2.45, 2.75) is 20.0 Å². The smallest absolute Gasteiger partial charge is 0.231 e. The molecule has 8 heteroatoms. The monoisotopic (exact) mass is 495 g/mol. The highest BCUT2D eigenvalue weighted by Gasteiger charge is 2.27. The Morgan fingerprint density at radius 3 is 2.22 bits per heavy atom. The third kappa shape index (κ3) is 5.20. The highest BCUT2D eigenvalue weighted by molar-refractivity contribution is 5.98. The van der Waals surface area contributed by atoms with Gasteiger partial charge in [-0.05, 0) is 55.8 Å². The molecule has 3 aromatic rings. The Hall–Kier alpha value is -3.49. The van der Waals surface area contributed by atoms with Crippen LogP contribution < -0.4 is 19.1 Å². The van der Waals surface area contributed by atoms with Crippen molar-refractivity contribution in [2.24, 2.45) is 0 Å². The average molecular weight is 496 g/mol. The molecule has 1 atom stereocenters. The lowest BCUT2D eigenvalue weighted by molar-refractivity contribution is 0.0428. The third-order valence-electron chi connectivity index (χ3n) is 6.32. The molecule has 0 amide bonds. The lowest BCUT2D eigenvalue weighted by atomic mass is 10.0. The van der Waals surface area contributed by atoms with E-state index in [-0.39, 0.29) is 11.5 Å². The van der Waals surface area contributed by atoms with Gasteiger partial charge in [-0.2, -0.15) is 0 Å². The SMILES string of the molecule is CCOC(C(=O)c1ccc(-c2cc(OC)c(C)c(OC)c2)o1)c1ccc(N2CCOCC2)c(OC)c1. The van der Waals surface area contributed by atoms with Gasteiger partial charge in [0.05, 0.1) is 40.2 Å². The fraction of sp³-hybridized carbons (Fsp3) is 0.393. The molecular formula is C28H33NO7. The molecule has 0 saturated carbocycles. The van der Waals surface area contributed by atoms with Crippen LogP contribution in [0.15, 0.2) is 46.9 Å². The molecule has 0 spiro atoms. The van der Waals surface area contributed by atoms with Crippen LogP contribution in [0.2, 0.25) is 0 Å². The van der Waals surface area contributed by atoms with Crippen molar-refractivity contribution >= 4 is 11.5 Å². The molecule has 1 unspecified atom stereocenters.